The van der Waals surface area contributed by atoms with Crippen LogP contribution in [-0.2, 0) is 0 Å². The van der Waals surface area contributed by atoms with Crippen molar-refractivity contribution in [1.82, 2.24) is 0 Å². The molecule has 0 spiro atoms. The Morgan fingerprint density at radius 3 is 2.55 bits per heavy atom. The van der Waals surface area contributed by atoms with Crippen molar-refractivity contribution >= 4 is 11.6 Å². The van der Waals surface area contributed by atoms with Crippen LogP contribution in [-0.4, -0.2) is 5.11 Å². The zero-order valence-corrected chi connectivity index (χ0v) is 7.39. The van der Waals surface area contributed by atoms with Gasteiger partial charge >= 0.3 is 0 Å². The number of hydrogen-bond acceptors (Lipinski definition) is 1. The highest BCUT2D eigenvalue weighted by Gasteiger charge is 2.02. The standard InChI is InChI=1S/C9H11ClO/c1-6-5-8(7(2)10)3-4-9(6)11/h3-5,7,11H,1-2H3. The van der Waals surface area contributed by atoms with Crippen LogP contribution in [0.3, 0.4) is 0 Å². The molecule has 0 amide bonds. The minimum absolute atomic E-state index is 0.00861. The van der Waals surface area contributed by atoms with E-state index >= 15 is 0 Å². The number of benzene rings is 1. The average molecular weight is 171 g/mol. The van der Waals surface area contributed by atoms with E-state index in [0.717, 1.165) is 11.1 Å². The molecule has 0 fully saturated rings. The van der Waals surface area contributed by atoms with E-state index in [1.165, 1.54) is 0 Å². The summed E-state index contributed by atoms with van der Waals surface area (Å²) in [5, 5.41) is 9.19. The summed E-state index contributed by atoms with van der Waals surface area (Å²) in [6.45, 7) is 3.77. The fourth-order valence-electron chi connectivity index (χ4n) is 0.926. The molecule has 1 rings (SSSR count). The maximum absolute atomic E-state index is 9.18. The predicted molar refractivity (Wildman–Crippen MR) is 47.1 cm³/mol. The highest BCUT2D eigenvalue weighted by molar-refractivity contribution is 6.20. The number of aromatic hydroxyl groups is 1. The number of rotatable bonds is 1. The lowest BCUT2D eigenvalue weighted by Crippen LogP contribution is -1.84. The topological polar surface area (TPSA) is 20.2 Å². The first kappa shape index (κ1) is 8.41. The van der Waals surface area contributed by atoms with Crippen molar-refractivity contribution in [3.8, 4) is 5.75 Å². The molecule has 11 heavy (non-hydrogen) atoms. The van der Waals surface area contributed by atoms with Crippen LogP contribution < -0.4 is 0 Å². The van der Waals surface area contributed by atoms with Gasteiger partial charge in [0.1, 0.15) is 5.75 Å². The van der Waals surface area contributed by atoms with Gasteiger partial charge in [-0.15, -0.1) is 11.6 Å². The van der Waals surface area contributed by atoms with Gasteiger partial charge in [-0.05, 0) is 31.0 Å². The number of alkyl halides is 1. The molecule has 0 aromatic heterocycles. The normalized spacial score (nSPS) is 13.0. The number of aryl methyl sites for hydroxylation is 1. The molecule has 2 heteroatoms. The van der Waals surface area contributed by atoms with Gasteiger partial charge in [-0.3, -0.25) is 0 Å². The third kappa shape index (κ3) is 1.87. The lowest BCUT2D eigenvalue weighted by molar-refractivity contribution is 0.471. The smallest absolute Gasteiger partial charge is 0.118 e. The third-order valence-corrected chi connectivity index (χ3v) is 1.93. The van der Waals surface area contributed by atoms with Gasteiger partial charge in [0.15, 0.2) is 0 Å². The molecule has 0 saturated carbocycles. The van der Waals surface area contributed by atoms with Crippen LogP contribution >= 0.6 is 11.6 Å². The fourth-order valence-corrected chi connectivity index (χ4v) is 1.06. The van der Waals surface area contributed by atoms with Crippen molar-refractivity contribution in [3.05, 3.63) is 29.3 Å². The molecule has 0 bridgehead atoms. The summed E-state index contributed by atoms with van der Waals surface area (Å²) < 4.78 is 0. The summed E-state index contributed by atoms with van der Waals surface area (Å²) in [6, 6.07) is 5.40. The largest absolute Gasteiger partial charge is 0.508 e. The highest BCUT2D eigenvalue weighted by Crippen LogP contribution is 2.24. The van der Waals surface area contributed by atoms with Crippen molar-refractivity contribution in [2.45, 2.75) is 19.2 Å². The predicted octanol–water partition coefficient (Wildman–Crippen LogP) is 3.00. The van der Waals surface area contributed by atoms with Crippen LogP contribution in [0.1, 0.15) is 23.4 Å². The highest BCUT2D eigenvalue weighted by atomic mass is 35.5. The number of halogens is 1. The lowest BCUT2D eigenvalue weighted by atomic mass is 10.1. The van der Waals surface area contributed by atoms with Gasteiger partial charge in [0.25, 0.3) is 0 Å². The van der Waals surface area contributed by atoms with Crippen molar-refractivity contribution < 1.29 is 5.11 Å². The molecular weight excluding hydrogens is 160 g/mol. The molecule has 1 atom stereocenters. The molecule has 1 aromatic rings. The van der Waals surface area contributed by atoms with E-state index in [0.29, 0.717) is 5.75 Å². The second-order valence-corrected chi connectivity index (χ2v) is 3.32. The molecule has 0 heterocycles. The minimum atomic E-state index is 0.00861. The summed E-state index contributed by atoms with van der Waals surface area (Å²) in [5.41, 5.74) is 1.91. The van der Waals surface area contributed by atoms with Gasteiger partial charge in [0.05, 0.1) is 5.38 Å². The van der Waals surface area contributed by atoms with Crippen molar-refractivity contribution in [3.63, 3.8) is 0 Å². The van der Waals surface area contributed by atoms with Crippen LogP contribution in [0.25, 0.3) is 0 Å². The quantitative estimate of drug-likeness (QED) is 0.643. The van der Waals surface area contributed by atoms with E-state index in [2.05, 4.69) is 0 Å². The molecule has 1 aromatic carbocycles. The average Bonchev–Trinajstić information content (AvgIpc) is 1.94. The Labute approximate surface area is 71.6 Å². The van der Waals surface area contributed by atoms with Crippen LogP contribution in [0.2, 0.25) is 0 Å². The van der Waals surface area contributed by atoms with Gasteiger partial charge in [-0.2, -0.15) is 0 Å². The number of phenolic OH excluding ortho intramolecular Hbond substituents is 1. The van der Waals surface area contributed by atoms with E-state index in [-0.39, 0.29) is 5.38 Å². The second-order valence-electron chi connectivity index (χ2n) is 2.66. The Bertz CT molecular complexity index is 256. The van der Waals surface area contributed by atoms with Gasteiger partial charge in [-0.1, -0.05) is 12.1 Å². The molecule has 0 saturated heterocycles. The Morgan fingerprint density at radius 2 is 2.09 bits per heavy atom. The van der Waals surface area contributed by atoms with Gasteiger partial charge in [-0.25, -0.2) is 0 Å². The van der Waals surface area contributed by atoms with Crippen molar-refractivity contribution in [2.75, 3.05) is 0 Å². The Morgan fingerprint density at radius 1 is 1.45 bits per heavy atom. The van der Waals surface area contributed by atoms with E-state index in [1.807, 2.05) is 26.0 Å². The van der Waals surface area contributed by atoms with Gasteiger partial charge in [0.2, 0.25) is 0 Å². The van der Waals surface area contributed by atoms with Gasteiger partial charge in [0, 0.05) is 0 Å². The summed E-state index contributed by atoms with van der Waals surface area (Å²) in [6.07, 6.45) is 0. The van der Waals surface area contributed by atoms with E-state index < -0.39 is 0 Å². The maximum atomic E-state index is 9.18. The van der Waals surface area contributed by atoms with E-state index in [1.54, 1.807) is 6.07 Å². The molecule has 1 unspecified atom stereocenters. The molecule has 60 valence electrons. The molecule has 0 radical (unpaired) electrons. The fraction of sp³-hybridized carbons (Fsp3) is 0.333. The molecule has 0 aliphatic heterocycles. The minimum Gasteiger partial charge on any atom is -0.508 e. The monoisotopic (exact) mass is 170 g/mol. The number of hydrogen-bond donors (Lipinski definition) is 1. The summed E-state index contributed by atoms with van der Waals surface area (Å²) >= 11 is 5.85. The van der Waals surface area contributed by atoms with Crippen LogP contribution in [0.15, 0.2) is 18.2 Å². The second kappa shape index (κ2) is 3.14. The van der Waals surface area contributed by atoms with Crippen LogP contribution in [0.4, 0.5) is 0 Å². The van der Waals surface area contributed by atoms with E-state index in [4.69, 9.17) is 11.6 Å². The van der Waals surface area contributed by atoms with Gasteiger partial charge < -0.3 is 5.11 Å². The molecule has 1 N–H and O–H groups in total. The van der Waals surface area contributed by atoms with Crippen molar-refractivity contribution in [1.29, 1.82) is 0 Å². The van der Waals surface area contributed by atoms with E-state index in [9.17, 15) is 5.11 Å². The summed E-state index contributed by atoms with van der Waals surface area (Å²) in [5.74, 6) is 0.325. The first-order valence-corrected chi connectivity index (χ1v) is 3.98. The SMILES string of the molecule is Cc1cc(C(C)Cl)ccc1O. The molecular formula is C9H11ClO. The van der Waals surface area contributed by atoms with Crippen molar-refractivity contribution in [2.24, 2.45) is 0 Å². The Hall–Kier alpha value is -0.690. The number of phenols is 1. The molecule has 1 nitrogen and oxygen atoms in total. The molecule has 0 aliphatic rings. The Kier molecular flexibility index (Phi) is 2.40. The lowest BCUT2D eigenvalue weighted by Gasteiger charge is -2.04. The maximum Gasteiger partial charge on any atom is 0.118 e. The zero-order chi connectivity index (χ0) is 8.43. The summed E-state index contributed by atoms with van der Waals surface area (Å²) in [4.78, 5) is 0. The van der Waals surface area contributed by atoms with Crippen LogP contribution in [0.5, 0.6) is 5.75 Å². The van der Waals surface area contributed by atoms with Crippen LogP contribution in [0, 0.1) is 6.92 Å². The zero-order valence-electron chi connectivity index (χ0n) is 6.63. The molecule has 0 aliphatic carbocycles. The summed E-state index contributed by atoms with van der Waals surface area (Å²) in [7, 11) is 0. The third-order valence-electron chi connectivity index (χ3n) is 1.68. The Balaban J connectivity index is 3.05. The first-order valence-electron chi connectivity index (χ1n) is 3.55. The first-order chi connectivity index (χ1) is 5.11.